The van der Waals surface area contributed by atoms with Crippen molar-refractivity contribution in [2.75, 3.05) is 13.6 Å². The maximum absolute atomic E-state index is 14.0. The second kappa shape index (κ2) is 7.87. The summed E-state index contributed by atoms with van der Waals surface area (Å²) in [5.41, 5.74) is 2.54. The summed E-state index contributed by atoms with van der Waals surface area (Å²) in [4.78, 5) is 6.60. The minimum Gasteiger partial charge on any atom is -0.302 e. The fourth-order valence-electron chi connectivity index (χ4n) is 2.13. The standard InChI is InChI=1S/C16H20ClFN2S/c1-3-4-7-20(2)10-13-8-12(5-6-15(13)18)16-19-14(9-17)11-21-16/h5-6,8,11H,3-4,7,9-10H2,1-2H3. The number of unbranched alkanes of at least 4 members (excludes halogenated alkanes) is 1. The highest BCUT2D eigenvalue weighted by atomic mass is 35.5. The molecule has 0 aliphatic carbocycles. The summed E-state index contributed by atoms with van der Waals surface area (Å²) in [6, 6.07) is 5.20. The van der Waals surface area contributed by atoms with Crippen molar-refractivity contribution in [3.05, 3.63) is 40.7 Å². The van der Waals surface area contributed by atoms with Gasteiger partial charge in [-0.3, -0.25) is 0 Å². The van der Waals surface area contributed by atoms with Gasteiger partial charge in [0.05, 0.1) is 11.6 Å². The van der Waals surface area contributed by atoms with Gasteiger partial charge in [-0.15, -0.1) is 22.9 Å². The van der Waals surface area contributed by atoms with Gasteiger partial charge in [-0.05, 0) is 38.2 Å². The van der Waals surface area contributed by atoms with E-state index in [0.29, 0.717) is 18.0 Å². The molecule has 0 saturated carbocycles. The molecule has 21 heavy (non-hydrogen) atoms. The first-order valence-corrected chi connectivity index (χ1v) is 8.53. The van der Waals surface area contributed by atoms with Crippen LogP contribution >= 0.6 is 22.9 Å². The highest BCUT2D eigenvalue weighted by Gasteiger charge is 2.10. The van der Waals surface area contributed by atoms with Gasteiger partial charge in [0.25, 0.3) is 0 Å². The zero-order chi connectivity index (χ0) is 15.2. The van der Waals surface area contributed by atoms with Crippen LogP contribution in [-0.4, -0.2) is 23.5 Å². The van der Waals surface area contributed by atoms with Gasteiger partial charge in [0.1, 0.15) is 10.8 Å². The molecule has 0 saturated heterocycles. The average Bonchev–Trinajstić information content (AvgIpc) is 2.96. The molecule has 114 valence electrons. The molecule has 0 bridgehead atoms. The first-order valence-electron chi connectivity index (χ1n) is 7.11. The van der Waals surface area contributed by atoms with Crippen LogP contribution in [0.25, 0.3) is 10.6 Å². The Labute approximate surface area is 134 Å². The molecule has 0 spiro atoms. The quantitative estimate of drug-likeness (QED) is 0.671. The summed E-state index contributed by atoms with van der Waals surface area (Å²) in [7, 11) is 2.02. The number of hydrogen-bond acceptors (Lipinski definition) is 3. The lowest BCUT2D eigenvalue weighted by molar-refractivity contribution is 0.315. The summed E-state index contributed by atoms with van der Waals surface area (Å²) in [6.45, 7) is 3.76. The van der Waals surface area contributed by atoms with E-state index in [-0.39, 0.29) is 5.82 Å². The summed E-state index contributed by atoms with van der Waals surface area (Å²) in [5.74, 6) is 0.251. The van der Waals surface area contributed by atoms with Crippen LogP contribution < -0.4 is 0 Å². The van der Waals surface area contributed by atoms with Crippen molar-refractivity contribution in [3.8, 4) is 10.6 Å². The fraction of sp³-hybridized carbons (Fsp3) is 0.438. The molecule has 0 N–H and O–H groups in total. The summed E-state index contributed by atoms with van der Waals surface area (Å²) in [5, 5.41) is 2.83. The highest BCUT2D eigenvalue weighted by molar-refractivity contribution is 7.13. The minimum atomic E-state index is -0.156. The molecule has 0 amide bonds. The molecule has 1 heterocycles. The van der Waals surface area contributed by atoms with Crippen molar-refractivity contribution in [1.29, 1.82) is 0 Å². The molecule has 0 aliphatic heterocycles. The number of hydrogen-bond donors (Lipinski definition) is 0. The van der Waals surface area contributed by atoms with Crippen LogP contribution in [0, 0.1) is 5.82 Å². The highest BCUT2D eigenvalue weighted by Crippen LogP contribution is 2.26. The van der Waals surface area contributed by atoms with Crippen molar-refractivity contribution in [2.45, 2.75) is 32.2 Å². The number of nitrogens with zero attached hydrogens (tertiary/aromatic N) is 2. The van der Waals surface area contributed by atoms with Crippen LogP contribution in [0.4, 0.5) is 4.39 Å². The monoisotopic (exact) mass is 326 g/mol. The Balaban J connectivity index is 2.16. The molecule has 5 heteroatoms. The van der Waals surface area contributed by atoms with Crippen molar-refractivity contribution in [2.24, 2.45) is 0 Å². The SMILES string of the molecule is CCCCN(C)Cc1cc(-c2nc(CCl)cs2)ccc1F. The lowest BCUT2D eigenvalue weighted by Crippen LogP contribution is -2.19. The Morgan fingerprint density at radius 1 is 1.38 bits per heavy atom. The summed E-state index contributed by atoms with van der Waals surface area (Å²) < 4.78 is 14.0. The lowest BCUT2D eigenvalue weighted by atomic mass is 10.1. The molecule has 2 rings (SSSR count). The predicted molar refractivity (Wildman–Crippen MR) is 88.3 cm³/mol. The van der Waals surface area contributed by atoms with Crippen molar-refractivity contribution < 1.29 is 4.39 Å². The second-order valence-corrected chi connectivity index (χ2v) is 6.30. The first kappa shape index (κ1) is 16.4. The van der Waals surface area contributed by atoms with E-state index in [0.717, 1.165) is 35.7 Å². The van der Waals surface area contributed by atoms with Crippen LogP contribution in [0.1, 0.15) is 31.0 Å². The van der Waals surface area contributed by atoms with Crippen LogP contribution in [-0.2, 0) is 12.4 Å². The van der Waals surface area contributed by atoms with Crippen LogP contribution in [0.2, 0.25) is 0 Å². The fourth-order valence-corrected chi connectivity index (χ4v) is 3.17. The Bertz CT molecular complexity index is 585. The molecule has 0 aliphatic rings. The minimum absolute atomic E-state index is 0.156. The predicted octanol–water partition coefficient (Wildman–Crippen LogP) is 4.92. The molecular weight excluding hydrogens is 307 g/mol. The van der Waals surface area contributed by atoms with Crippen LogP contribution in [0.5, 0.6) is 0 Å². The van der Waals surface area contributed by atoms with Gasteiger partial charge in [0, 0.05) is 23.1 Å². The summed E-state index contributed by atoms with van der Waals surface area (Å²) in [6.07, 6.45) is 2.27. The Morgan fingerprint density at radius 3 is 2.86 bits per heavy atom. The Morgan fingerprint density at radius 2 is 2.19 bits per heavy atom. The number of benzene rings is 1. The van der Waals surface area contributed by atoms with Crippen LogP contribution in [0.15, 0.2) is 23.6 Å². The maximum Gasteiger partial charge on any atom is 0.127 e. The van der Waals surface area contributed by atoms with E-state index in [4.69, 9.17) is 11.6 Å². The topological polar surface area (TPSA) is 16.1 Å². The number of thiazole rings is 1. The molecule has 1 aromatic carbocycles. The van der Waals surface area contributed by atoms with Gasteiger partial charge >= 0.3 is 0 Å². The number of alkyl halides is 1. The zero-order valence-corrected chi connectivity index (χ0v) is 14.0. The summed E-state index contributed by atoms with van der Waals surface area (Å²) >= 11 is 7.32. The van der Waals surface area contributed by atoms with E-state index in [9.17, 15) is 4.39 Å². The van der Waals surface area contributed by atoms with Gasteiger partial charge in [0.2, 0.25) is 0 Å². The molecule has 2 aromatic rings. The van der Waals surface area contributed by atoms with Gasteiger partial charge in [0.15, 0.2) is 0 Å². The molecular formula is C16H20ClFN2S. The third-order valence-electron chi connectivity index (χ3n) is 3.31. The third kappa shape index (κ3) is 4.50. The number of rotatable bonds is 7. The normalized spacial score (nSPS) is 11.3. The molecule has 0 fully saturated rings. The Kier molecular flexibility index (Phi) is 6.15. The Hall–Kier alpha value is -0.970. The molecule has 0 radical (unpaired) electrons. The van der Waals surface area contributed by atoms with Gasteiger partial charge in [-0.25, -0.2) is 9.37 Å². The molecule has 1 aromatic heterocycles. The largest absolute Gasteiger partial charge is 0.302 e. The van der Waals surface area contributed by atoms with E-state index in [1.807, 2.05) is 18.5 Å². The number of aromatic nitrogens is 1. The van der Waals surface area contributed by atoms with Gasteiger partial charge < -0.3 is 4.90 Å². The third-order valence-corrected chi connectivity index (χ3v) is 4.53. The van der Waals surface area contributed by atoms with Crippen molar-refractivity contribution in [1.82, 2.24) is 9.88 Å². The molecule has 0 unspecified atom stereocenters. The van der Waals surface area contributed by atoms with Gasteiger partial charge in [-0.1, -0.05) is 13.3 Å². The number of halogens is 2. The first-order chi connectivity index (χ1) is 10.1. The lowest BCUT2D eigenvalue weighted by Gasteiger charge is -2.17. The van der Waals surface area contributed by atoms with Crippen molar-refractivity contribution >= 4 is 22.9 Å². The second-order valence-electron chi connectivity index (χ2n) is 5.18. The molecule has 0 atom stereocenters. The maximum atomic E-state index is 14.0. The van der Waals surface area contributed by atoms with E-state index < -0.39 is 0 Å². The zero-order valence-electron chi connectivity index (χ0n) is 12.4. The van der Waals surface area contributed by atoms with Gasteiger partial charge in [-0.2, -0.15) is 0 Å². The van der Waals surface area contributed by atoms with E-state index in [1.54, 1.807) is 17.4 Å². The molecule has 2 nitrogen and oxygen atoms in total. The van der Waals surface area contributed by atoms with Crippen LogP contribution in [0.3, 0.4) is 0 Å². The average molecular weight is 327 g/mol. The van der Waals surface area contributed by atoms with Crippen molar-refractivity contribution in [3.63, 3.8) is 0 Å². The van der Waals surface area contributed by atoms with E-state index >= 15 is 0 Å². The smallest absolute Gasteiger partial charge is 0.127 e. The van der Waals surface area contributed by atoms with E-state index in [2.05, 4.69) is 16.8 Å². The van der Waals surface area contributed by atoms with E-state index in [1.165, 1.54) is 6.07 Å².